The molecule has 4 heterocycles. The molecule has 0 fully saturated rings. The molecule has 4 rings (SSSR count). The van der Waals surface area contributed by atoms with E-state index in [0.717, 1.165) is 11.3 Å². The number of hydrogen-bond acceptors (Lipinski definition) is 9. The number of pyridine rings is 2. The van der Waals surface area contributed by atoms with E-state index in [-0.39, 0.29) is 28.1 Å². The van der Waals surface area contributed by atoms with Crippen molar-refractivity contribution in [2.75, 3.05) is 13.7 Å². The predicted molar refractivity (Wildman–Crippen MR) is 121 cm³/mol. The minimum absolute atomic E-state index is 0.0334. The lowest BCUT2D eigenvalue weighted by atomic mass is 9.93. The monoisotopic (exact) mass is 464 g/mol. The van der Waals surface area contributed by atoms with Crippen LogP contribution in [0.1, 0.15) is 24.1 Å². The molecule has 2 N–H and O–H groups in total. The zero-order valence-corrected chi connectivity index (χ0v) is 18.7. The van der Waals surface area contributed by atoms with E-state index in [1.807, 2.05) is 0 Å². The van der Waals surface area contributed by atoms with Gasteiger partial charge in [0.25, 0.3) is 5.56 Å². The first-order valence-corrected chi connectivity index (χ1v) is 10.8. The topological polar surface area (TPSA) is 126 Å². The molecule has 1 aliphatic heterocycles. The zero-order valence-electron chi connectivity index (χ0n) is 17.8. The van der Waals surface area contributed by atoms with E-state index >= 15 is 0 Å². The second-order valence-electron chi connectivity index (χ2n) is 6.98. The lowest BCUT2D eigenvalue weighted by Gasteiger charge is -2.26. The number of hydrogen-bond donors (Lipinski definition) is 1. The molecule has 1 atom stereocenters. The van der Waals surface area contributed by atoms with Gasteiger partial charge in [0.2, 0.25) is 0 Å². The Hall–Kier alpha value is -4.05. The molecule has 0 radical (unpaired) electrons. The van der Waals surface area contributed by atoms with Gasteiger partial charge in [-0.05, 0) is 36.3 Å². The molecule has 0 saturated carbocycles. The molecule has 168 valence electrons. The number of nitrogens with zero attached hydrogens (tertiary/aromatic N) is 3. The molecule has 10 heteroatoms. The fourth-order valence-electron chi connectivity index (χ4n) is 3.63. The van der Waals surface area contributed by atoms with Gasteiger partial charge in [-0.1, -0.05) is 12.1 Å². The summed E-state index contributed by atoms with van der Waals surface area (Å²) in [5.41, 5.74) is 7.05. The minimum atomic E-state index is -0.931. The van der Waals surface area contributed by atoms with Crippen LogP contribution in [-0.4, -0.2) is 40.2 Å². The predicted octanol–water partition coefficient (Wildman–Crippen LogP) is 0.231. The Balaban J connectivity index is 2.12. The molecular formula is C23H20N4O5S. The molecule has 1 aliphatic rings. The summed E-state index contributed by atoms with van der Waals surface area (Å²) < 4.78 is 12.2. The van der Waals surface area contributed by atoms with Gasteiger partial charge >= 0.3 is 11.9 Å². The molecule has 0 unspecified atom stereocenters. The largest absolute Gasteiger partial charge is 0.466 e. The van der Waals surface area contributed by atoms with Crippen molar-refractivity contribution in [3.05, 3.63) is 91.0 Å². The van der Waals surface area contributed by atoms with Crippen LogP contribution < -0.4 is 20.5 Å². The van der Waals surface area contributed by atoms with Gasteiger partial charge in [0.1, 0.15) is 10.2 Å². The fraction of sp³-hybridized carbons (Fsp3) is 0.174. The Morgan fingerprint density at radius 2 is 1.91 bits per heavy atom. The van der Waals surface area contributed by atoms with E-state index in [1.165, 1.54) is 17.9 Å². The standard InChI is InChI=1S/C23H20N4O5S/c1-3-32-23(30)17-18(24)16(22(29)31-2)19(14-7-5-9-26-12-14)27-20(28)15(33-21(17)27)10-13-6-4-8-25-11-13/h4-12,19H,3,24H2,1-2H3/b15-10+/t19-/m0/s1. The van der Waals surface area contributed by atoms with Crippen molar-refractivity contribution in [1.82, 2.24) is 14.5 Å². The number of thiazole rings is 1. The molecule has 0 aromatic carbocycles. The van der Waals surface area contributed by atoms with Crippen LogP contribution in [0.15, 0.2) is 65.1 Å². The normalized spacial score (nSPS) is 15.9. The molecule has 9 nitrogen and oxygen atoms in total. The highest BCUT2D eigenvalue weighted by atomic mass is 32.1. The first-order valence-electron chi connectivity index (χ1n) is 10.0. The van der Waals surface area contributed by atoms with E-state index in [4.69, 9.17) is 15.2 Å². The van der Waals surface area contributed by atoms with E-state index < -0.39 is 23.5 Å². The average Bonchev–Trinajstić information content (AvgIpc) is 3.14. The molecule has 0 spiro atoms. The van der Waals surface area contributed by atoms with Gasteiger partial charge in [0.05, 0.1) is 35.6 Å². The molecule has 3 aromatic heterocycles. The lowest BCUT2D eigenvalue weighted by Crippen LogP contribution is -2.43. The van der Waals surface area contributed by atoms with Gasteiger partial charge in [-0.15, -0.1) is 11.3 Å². The maximum Gasteiger partial charge on any atom is 0.343 e. The number of methoxy groups -OCH3 is 1. The Kier molecular flexibility index (Phi) is 6.18. The number of ether oxygens (including phenoxy) is 2. The van der Waals surface area contributed by atoms with Gasteiger partial charge in [0, 0.05) is 24.8 Å². The first kappa shape index (κ1) is 22.2. The second-order valence-corrected chi connectivity index (χ2v) is 8.01. The Bertz CT molecular complexity index is 1420. The molecule has 0 amide bonds. The van der Waals surface area contributed by atoms with Crippen LogP contribution in [0.3, 0.4) is 0 Å². The summed E-state index contributed by atoms with van der Waals surface area (Å²) >= 11 is 1.09. The summed E-state index contributed by atoms with van der Waals surface area (Å²) in [6.45, 7) is 1.75. The van der Waals surface area contributed by atoms with Crippen LogP contribution in [0.25, 0.3) is 11.6 Å². The number of nitrogens with two attached hydrogens (primary N) is 1. The van der Waals surface area contributed by atoms with Crippen molar-refractivity contribution < 1.29 is 19.1 Å². The van der Waals surface area contributed by atoms with Crippen LogP contribution >= 0.6 is 11.3 Å². The Morgan fingerprint density at radius 3 is 2.52 bits per heavy atom. The Labute approximate surface area is 192 Å². The molecule has 33 heavy (non-hydrogen) atoms. The number of rotatable bonds is 5. The molecule has 0 bridgehead atoms. The van der Waals surface area contributed by atoms with Crippen LogP contribution in [0, 0.1) is 0 Å². The van der Waals surface area contributed by atoms with Crippen molar-refractivity contribution in [2.24, 2.45) is 5.73 Å². The van der Waals surface area contributed by atoms with Crippen molar-refractivity contribution in [3.63, 3.8) is 0 Å². The van der Waals surface area contributed by atoms with E-state index in [0.29, 0.717) is 15.7 Å². The number of carbonyl (C=O) groups excluding carboxylic acids is 2. The van der Waals surface area contributed by atoms with E-state index in [9.17, 15) is 14.4 Å². The number of fused-ring (bicyclic) bond motifs is 1. The lowest BCUT2D eigenvalue weighted by molar-refractivity contribution is -0.136. The maximum absolute atomic E-state index is 13.6. The fourth-order valence-corrected chi connectivity index (χ4v) is 4.80. The third kappa shape index (κ3) is 3.96. The number of carbonyl (C=O) groups is 2. The van der Waals surface area contributed by atoms with Gasteiger partial charge in [0.15, 0.2) is 0 Å². The van der Waals surface area contributed by atoms with Crippen molar-refractivity contribution in [3.8, 4) is 0 Å². The van der Waals surface area contributed by atoms with E-state index in [1.54, 1.807) is 55.9 Å². The summed E-state index contributed by atoms with van der Waals surface area (Å²) in [5, 5.41) is 0. The third-order valence-electron chi connectivity index (χ3n) is 5.03. The third-order valence-corrected chi connectivity index (χ3v) is 6.13. The quantitative estimate of drug-likeness (QED) is 0.532. The van der Waals surface area contributed by atoms with Crippen molar-refractivity contribution in [2.45, 2.75) is 13.0 Å². The molecule has 3 aromatic rings. The van der Waals surface area contributed by atoms with Crippen LogP contribution in [-0.2, 0) is 19.1 Å². The maximum atomic E-state index is 13.6. The molecule has 0 saturated heterocycles. The summed E-state index contributed by atoms with van der Waals surface area (Å²) in [6.07, 6.45) is 8.02. The highest BCUT2D eigenvalue weighted by Crippen LogP contribution is 2.32. The Morgan fingerprint density at radius 1 is 1.18 bits per heavy atom. The average molecular weight is 465 g/mol. The van der Waals surface area contributed by atoms with Gasteiger partial charge in [-0.25, -0.2) is 9.59 Å². The van der Waals surface area contributed by atoms with Gasteiger partial charge in [-0.3, -0.25) is 19.3 Å². The highest BCUT2D eigenvalue weighted by molar-refractivity contribution is 7.07. The SMILES string of the molecule is CCOC(=O)C1=c2s/c(=C/c3cccnc3)c(=O)n2[C@@H](c2cccnc2)C(C(=O)OC)=C1N. The summed E-state index contributed by atoms with van der Waals surface area (Å²) in [5.74, 6) is -1.49. The summed E-state index contributed by atoms with van der Waals surface area (Å²) in [7, 11) is 1.21. The highest BCUT2D eigenvalue weighted by Gasteiger charge is 2.38. The number of esters is 2. The minimum Gasteiger partial charge on any atom is -0.466 e. The zero-order chi connectivity index (χ0) is 23.5. The van der Waals surface area contributed by atoms with Crippen molar-refractivity contribution >= 4 is 34.9 Å². The molecular weight excluding hydrogens is 444 g/mol. The first-order chi connectivity index (χ1) is 16.0. The summed E-state index contributed by atoms with van der Waals surface area (Å²) in [6, 6.07) is 6.03. The van der Waals surface area contributed by atoms with Crippen molar-refractivity contribution in [1.29, 1.82) is 0 Å². The second kappa shape index (κ2) is 9.21. The van der Waals surface area contributed by atoms with Crippen LogP contribution in [0.5, 0.6) is 0 Å². The van der Waals surface area contributed by atoms with Gasteiger partial charge < -0.3 is 15.2 Å². The smallest absolute Gasteiger partial charge is 0.343 e. The van der Waals surface area contributed by atoms with Gasteiger partial charge in [-0.2, -0.15) is 0 Å². The van der Waals surface area contributed by atoms with E-state index in [2.05, 4.69) is 9.97 Å². The molecule has 0 aliphatic carbocycles. The van der Waals surface area contributed by atoms with Crippen LogP contribution in [0.2, 0.25) is 0 Å². The van der Waals surface area contributed by atoms with Crippen LogP contribution in [0.4, 0.5) is 0 Å². The number of aromatic nitrogens is 3. The summed E-state index contributed by atoms with van der Waals surface area (Å²) in [4.78, 5) is 47.5.